The molecule has 1 fully saturated rings. The molecule has 2 aromatic rings. The number of amides is 1. The molecule has 0 atom stereocenters. The molecule has 3 rings (SSSR count). The van der Waals surface area contributed by atoms with Crippen LogP contribution in [-0.2, 0) is 10.0 Å². The molecule has 7 nitrogen and oxygen atoms in total. The van der Waals surface area contributed by atoms with Crippen LogP contribution in [0.15, 0.2) is 35.2 Å². The summed E-state index contributed by atoms with van der Waals surface area (Å²) in [6, 6.07) is 8.57. The number of sulfonamides is 1. The number of hydrogen-bond acceptors (Lipinski definition) is 5. The maximum absolute atomic E-state index is 13.1. The van der Waals surface area contributed by atoms with E-state index in [0.29, 0.717) is 39.2 Å². The summed E-state index contributed by atoms with van der Waals surface area (Å²) < 4.78 is 38.7. The van der Waals surface area contributed by atoms with Crippen molar-refractivity contribution in [3.63, 3.8) is 0 Å². The summed E-state index contributed by atoms with van der Waals surface area (Å²) in [4.78, 5) is 15.0. The number of benzene rings is 2. The van der Waals surface area contributed by atoms with Crippen LogP contribution in [0.2, 0.25) is 5.02 Å². The van der Waals surface area contributed by atoms with Gasteiger partial charge in [0.05, 0.1) is 23.6 Å². The van der Waals surface area contributed by atoms with Crippen molar-refractivity contribution in [3.05, 3.63) is 52.0 Å². The van der Waals surface area contributed by atoms with E-state index in [1.807, 2.05) is 26.0 Å². The highest BCUT2D eigenvalue weighted by atomic mass is 35.5. The first kappa shape index (κ1) is 24.4. The zero-order chi connectivity index (χ0) is 23.5. The molecule has 0 aliphatic carbocycles. The largest absolute Gasteiger partial charge is 0.493 e. The van der Waals surface area contributed by atoms with Gasteiger partial charge in [0.25, 0.3) is 5.91 Å². The van der Waals surface area contributed by atoms with Gasteiger partial charge in [-0.15, -0.1) is 0 Å². The molecular formula is C23H29ClN2O5S. The van der Waals surface area contributed by atoms with Crippen molar-refractivity contribution in [1.82, 2.24) is 9.21 Å². The molecule has 9 heteroatoms. The summed E-state index contributed by atoms with van der Waals surface area (Å²) in [5.41, 5.74) is 1.97. The second kappa shape index (κ2) is 10.1. The molecule has 0 aromatic heterocycles. The molecule has 174 valence electrons. The van der Waals surface area contributed by atoms with Crippen LogP contribution in [-0.4, -0.2) is 63.4 Å². The molecule has 0 unspecified atom stereocenters. The summed E-state index contributed by atoms with van der Waals surface area (Å²) in [6.07, 6.45) is 0.815. The summed E-state index contributed by atoms with van der Waals surface area (Å²) in [5, 5.41) is 0.303. The summed E-state index contributed by atoms with van der Waals surface area (Å²) >= 11 is 6.35. The van der Waals surface area contributed by atoms with E-state index in [1.54, 1.807) is 30.0 Å². The smallest absolute Gasteiger partial charge is 0.254 e. The van der Waals surface area contributed by atoms with Gasteiger partial charge in [-0.25, -0.2) is 8.42 Å². The van der Waals surface area contributed by atoms with E-state index in [9.17, 15) is 13.2 Å². The maximum Gasteiger partial charge on any atom is 0.254 e. The topological polar surface area (TPSA) is 76.2 Å². The minimum absolute atomic E-state index is 0.226. The third kappa shape index (κ3) is 5.03. The van der Waals surface area contributed by atoms with Crippen LogP contribution in [0.25, 0.3) is 0 Å². The lowest BCUT2D eigenvalue weighted by atomic mass is 10.1. The van der Waals surface area contributed by atoms with E-state index in [1.165, 1.54) is 11.4 Å². The van der Waals surface area contributed by atoms with E-state index in [4.69, 9.17) is 21.1 Å². The molecular weight excluding hydrogens is 452 g/mol. The van der Waals surface area contributed by atoms with Gasteiger partial charge in [0, 0.05) is 31.7 Å². The van der Waals surface area contributed by atoms with Crippen LogP contribution < -0.4 is 9.47 Å². The highest BCUT2D eigenvalue weighted by molar-refractivity contribution is 7.89. The van der Waals surface area contributed by atoms with Crippen molar-refractivity contribution >= 4 is 27.5 Å². The Balaban J connectivity index is 1.74. The van der Waals surface area contributed by atoms with Crippen LogP contribution >= 0.6 is 11.6 Å². The Labute approximate surface area is 194 Å². The van der Waals surface area contributed by atoms with Crippen molar-refractivity contribution in [2.45, 2.75) is 32.1 Å². The van der Waals surface area contributed by atoms with Crippen LogP contribution in [0.4, 0.5) is 0 Å². The SMILES string of the molecule is CCCOc1c(Cl)cc(C(=O)N2CCN(S(=O)(=O)c3cc(C)ccc3C)CC2)cc1OC. The molecule has 0 N–H and O–H groups in total. The van der Waals surface area contributed by atoms with Gasteiger partial charge in [-0.1, -0.05) is 30.7 Å². The molecule has 0 saturated carbocycles. The van der Waals surface area contributed by atoms with E-state index < -0.39 is 10.0 Å². The van der Waals surface area contributed by atoms with Gasteiger partial charge in [0.2, 0.25) is 10.0 Å². The Morgan fingerprint density at radius 1 is 1.09 bits per heavy atom. The molecule has 32 heavy (non-hydrogen) atoms. The van der Waals surface area contributed by atoms with Gasteiger partial charge < -0.3 is 14.4 Å². The lowest BCUT2D eigenvalue weighted by molar-refractivity contribution is 0.0697. The average Bonchev–Trinajstić information content (AvgIpc) is 2.78. The fourth-order valence-electron chi connectivity index (χ4n) is 3.63. The van der Waals surface area contributed by atoms with Crippen molar-refractivity contribution in [3.8, 4) is 11.5 Å². The molecule has 0 radical (unpaired) electrons. The average molecular weight is 481 g/mol. The zero-order valence-corrected chi connectivity index (χ0v) is 20.4. The number of nitrogens with zero attached hydrogens (tertiary/aromatic N) is 2. The molecule has 1 aliphatic rings. The van der Waals surface area contributed by atoms with Gasteiger partial charge >= 0.3 is 0 Å². The Morgan fingerprint density at radius 3 is 2.41 bits per heavy atom. The third-order valence-corrected chi connectivity index (χ3v) is 7.74. The standard InChI is InChI=1S/C23H29ClN2O5S/c1-5-12-31-22-19(24)14-18(15-20(22)30-4)23(27)25-8-10-26(11-9-25)32(28,29)21-13-16(2)6-7-17(21)3/h6-7,13-15H,5,8-12H2,1-4H3. The number of methoxy groups -OCH3 is 1. The Kier molecular flexibility index (Phi) is 7.69. The normalized spacial score (nSPS) is 15.0. The quantitative estimate of drug-likeness (QED) is 0.600. The van der Waals surface area contributed by atoms with Crippen molar-refractivity contribution < 1.29 is 22.7 Å². The predicted molar refractivity (Wildman–Crippen MR) is 124 cm³/mol. The maximum atomic E-state index is 13.1. The van der Waals surface area contributed by atoms with E-state index in [0.717, 1.165) is 12.0 Å². The lowest BCUT2D eigenvalue weighted by Gasteiger charge is -2.34. The summed E-state index contributed by atoms with van der Waals surface area (Å²) in [6.45, 7) is 7.16. The molecule has 0 spiro atoms. The van der Waals surface area contributed by atoms with Crippen LogP contribution in [0.5, 0.6) is 11.5 Å². The summed E-state index contributed by atoms with van der Waals surface area (Å²) in [7, 11) is -2.13. The number of piperazine rings is 1. The molecule has 0 bridgehead atoms. The first-order valence-electron chi connectivity index (χ1n) is 10.6. The highest BCUT2D eigenvalue weighted by Gasteiger charge is 2.32. The van der Waals surface area contributed by atoms with Gasteiger partial charge in [0.1, 0.15) is 0 Å². The number of hydrogen-bond donors (Lipinski definition) is 0. The van der Waals surface area contributed by atoms with Crippen molar-refractivity contribution in [2.24, 2.45) is 0 Å². The zero-order valence-electron chi connectivity index (χ0n) is 18.9. The number of carbonyl (C=O) groups is 1. The Hall–Kier alpha value is -2.29. The van der Waals surface area contributed by atoms with Gasteiger partial charge in [-0.2, -0.15) is 4.31 Å². The second-order valence-electron chi connectivity index (χ2n) is 7.80. The number of rotatable bonds is 7. The fraction of sp³-hybridized carbons (Fsp3) is 0.435. The first-order chi connectivity index (χ1) is 15.2. The Morgan fingerprint density at radius 2 is 1.78 bits per heavy atom. The first-order valence-corrected chi connectivity index (χ1v) is 12.4. The van der Waals surface area contributed by atoms with Crippen LogP contribution in [0.3, 0.4) is 0 Å². The van der Waals surface area contributed by atoms with Crippen molar-refractivity contribution in [2.75, 3.05) is 39.9 Å². The Bertz CT molecular complexity index is 1100. The van der Waals surface area contributed by atoms with Crippen molar-refractivity contribution in [1.29, 1.82) is 0 Å². The molecule has 2 aromatic carbocycles. The van der Waals surface area contributed by atoms with Gasteiger partial charge in [0.15, 0.2) is 11.5 Å². The van der Waals surface area contributed by atoms with Gasteiger partial charge in [-0.05, 0) is 49.6 Å². The number of ether oxygens (including phenoxy) is 2. The third-order valence-electron chi connectivity index (χ3n) is 5.41. The van der Waals surface area contributed by atoms with E-state index in [2.05, 4.69) is 0 Å². The monoisotopic (exact) mass is 480 g/mol. The fourth-order valence-corrected chi connectivity index (χ4v) is 5.62. The number of aryl methyl sites for hydroxylation is 2. The van der Waals surface area contributed by atoms with E-state index in [-0.39, 0.29) is 32.1 Å². The molecule has 1 amide bonds. The summed E-state index contributed by atoms with van der Waals surface area (Å²) in [5.74, 6) is 0.582. The van der Waals surface area contributed by atoms with E-state index >= 15 is 0 Å². The van der Waals surface area contributed by atoms with Crippen LogP contribution in [0.1, 0.15) is 34.8 Å². The predicted octanol–water partition coefficient (Wildman–Crippen LogP) is 3.90. The van der Waals surface area contributed by atoms with Crippen LogP contribution in [0, 0.1) is 13.8 Å². The van der Waals surface area contributed by atoms with Gasteiger partial charge in [-0.3, -0.25) is 4.79 Å². The molecule has 1 aliphatic heterocycles. The minimum Gasteiger partial charge on any atom is -0.493 e. The highest BCUT2D eigenvalue weighted by Crippen LogP contribution is 2.37. The number of halogens is 1. The molecule has 1 saturated heterocycles. The minimum atomic E-state index is -3.62. The molecule has 1 heterocycles. The second-order valence-corrected chi connectivity index (χ2v) is 10.1. The number of carbonyl (C=O) groups excluding carboxylic acids is 1. The lowest BCUT2D eigenvalue weighted by Crippen LogP contribution is -2.50.